The van der Waals surface area contributed by atoms with Gasteiger partial charge in [0.05, 0.1) is 12.2 Å². The fraction of sp³-hybridized carbons (Fsp3) is 1.00. The Hall–Kier alpha value is -0.0800. The Bertz CT molecular complexity index is 317. The molecule has 21 heavy (non-hydrogen) atoms. The number of aliphatic hydroxyl groups is 2. The molecule has 124 valence electrons. The van der Waals surface area contributed by atoms with Crippen molar-refractivity contribution in [1.82, 2.24) is 0 Å². The summed E-state index contributed by atoms with van der Waals surface area (Å²) in [6.45, 7) is 8.98. The Labute approximate surface area is 131 Å². The monoisotopic (exact) mass is 296 g/mol. The number of rotatable bonds is 4. The third-order valence-corrected chi connectivity index (χ3v) is 6.94. The van der Waals surface area contributed by atoms with Crippen LogP contribution in [-0.2, 0) is 0 Å². The van der Waals surface area contributed by atoms with Crippen LogP contribution in [0.15, 0.2) is 0 Å². The second-order valence-electron chi connectivity index (χ2n) is 7.93. The summed E-state index contributed by atoms with van der Waals surface area (Å²) in [5.74, 6) is 2.58. The van der Waals surface area contributed by atoms with E-state index in [-0.39, 0.29) is 18.1 Å². The van der Waals surface area contributed by atoms with E-state index >= 15 is 0 Å². The Kier molecular flexibility index (Phi) is 6.14. The molecule has 0 bridgehead atoms. The van der Waals surface area contributed by atoms with Gasteiger partial charge in [-0.2, -0.15) is 0 Å². The number of aliphatic hydroxyl groups excluding tert-OH is 2. The molecule has 0 aromatic heterocycles. The molecule has 2 aliphatic carbocycles. The minimum Gasteiger partial charge on any atom is -0.392 e. The van der Waals surface area contributed by atoms with Crippen LogP contribution in [0, 0.1) is 35.5 Å². The zero-order valence-electron chi connectivity index (χ0n) is 14.5. The molecular formula is C19H36O2. The van der Waals surface area contributed by atoms with Crippen molar-refractivity contribution in [1.29, 1.82) is 0 Å². The standard InChI is InChI=1S/C19H36O2/c1-5-12(3)15-9-7-8-14-10-11-16(13(4)6-2)19(21)17(14)18(15)20/h12-21H,5-11H2,1-4H3/t12?,13?,14?,15-,16+,17?,18?,19?/m1/s1. The van der Waals surface area contributed by atoms with Crippen molar-refractivity contribution >= 4 is 0 Å². The van der Waals surface area contributed by atoms with Crippen molar-refractivity contribution in [2.45, 2.75) is 84.8 Å². The molecule has 0 saturated heterocycles. The smallest absolute Gasteiger partial charge is 0.0626 e. The Morgan fingerprint density at radius 3 is 1.86 bits per heavy atom. The summed E-state index contributed by atoms with van der Waals surface area (Å²) in [5.41, 5.74) is 0. The lowest BCUT2D eigenvalue weighted by Crippen LogP contribution is -2.49. The van der Waals surface area contributed by atoms with E-state index < -0.39 is 0 Å². The van der Waals surface area contributed by atoms with Gasteiger partial charge in [0.1, 0.15) is 0 Å². The highest BCUT2D eigenvalue weighted by Gasteiger charge is 2.47. The molecule has 0 aliphatic heterocycles. The van der Waals surface area contributed by atoms with Crippen LogP contribution in [0.2, 0.25) is 0 Å². The van der Waals surface area contributed by atoms with Crippen LogP contribution in [0.3, 0.4) is 0 Å². The van der Waals surface area contributed by atoms with Gasteiger partial charge >= 0.3 is 0 Å². The van der Waals surface area contributed by atoms with Gasteiger partial charge in [-0.3, -0.25) is 0 Å². The zero-order valence-corrected chi connectivity index (χ0v) is 14.5. The fourth-order valence-electron chi connectivity index (χ4n) is 5.07. The maximum atomic E-state index is 11.0. The molecule has 0 aromatic rings. The molecule has 2 saturated carbocycles. The van der Waals surface area contributed by atoms with Crippen LogP contribution in [0.5, 0.6) is 0 Å². The topological polar surface area (TPSA) is 40.5 Å². The van der Waals surface area contributed by atoms with E-state index in [0.29, 0.717) is 29.6 Å². The first-order valence-electron chi connectivity index (χ1n) is 9.37. The minimum atomic E-state index is -0.297. The van der Waals surface area contributed by atoms with Crippen molar-refractivity contribution in [2.24, 2.45) is 35.5 Å². The van der Waals surface area contributed by atoms with Gasteiger partial charge in [0.2, 0.25) is 0 Å². The number of hydrogen-bond donors (Lipinski definition) is 2. The summed E-state index contributed by atoms with van der Waals surface area (Å²) in [6.07, 6.45) is 7.61. The summed E-state index contributed by atoms with van der Waals surface area (Å²) in [5, 5.41) is 22.0. The maximum Gasteiger partial charge on any atom is 0.0626 e. The molecule has 2 fully saturated rings. The van der Waals surface area contributed by atoms with Gasteiger partial charge in [0, 0.05) is 5.92 Å². The third kappa shape index (κ3) is 3.47. The van der Waals surface area contributed by atoms with E-state index in [1.807, 2.05) is 0 Å². The van der Waals surface area contributed by atoms with Crippen LogP contribution in [0.4, 0.5) is 0 Å². The first-order chi connectivity index (χ1) is 10.0. The highest BCUT2D eigenvalue weighted by Crippen LogP contribution is 2.47. The van der Waals surface area contributed by atoms with Crippen molar-refractivity contribution in [2.75, 3.05) is 0 Å². The maximum absolute atomic E-state index is 11.0. The van der Waals surface area contributed by atoms with E-state index in [0.717, 1.165) is 25.7 Å². The van der Waals surface area contributed by atoms with Gasteiger partial charge in [-0.1, -0.05) is 47.0 Å². The van der Waals surface area contributed by atoms with Crippen molar-refractivity contribution in [3.63, 3.8) is 0 Å². The average molecular weight is 296 g/mol. The van der Waals surface area contributed by atoms with Crippen LogP contribution in [0.25, 0.3) is 0 Å². The largest absolute Gasteiger partial charge is 0.392 e. The van der Waals surface area contributed by atoms with Crippen LogP contribution >= 0.6 is 0 Å². The molecule has 8 atom stereocenters. The predicted octanol–water partition coefficient (Wildman–Crippen LogP) is 4.24. The van der Waals surface area contributed by atoms with E-state index in [4.69, 9.17) is 0 Å². The SMILES string of the molecule is CCC(C)[C@H]1CCCC2CC[C@@H](C(C)CC)C(O)C2C1O. The third-order valence-electron chi connectivity index (χ3n) is 6.94. The second-order valence-corrected chi connectivity index (χ2v) is 7.93. The molecule has 2 aliphatic rings. The highest BCUT2D eigenvalue weighted by atomic mass is 16.3. The first kappa shape index (κ1) is 17.3. The van der Waals surface area contributed by atoms with Crippen LogP contribution < -0.4 is 0 Å². The summed E-state index contributed by atoms with van der Waals surface area (Å²) >= 11 is 0. The summed E-state index contributed by atoms with van der Waals surface area (Å²) in [7, 11) is 0. The molecule has 6 unspecified atom stereocenters. The number of fused-ring (bicyclic) bond motifs is 1. The molecular weight excluding hydrogens is 260 g/mol. The quantitative estimate of drug-likeness (QED) is 0.814. The van der Waals surface area contributed by atoms with E-state index in [1.54, 1.807) is 0 Å². The minimum absolute atomic E-state index is 0.124. The van der Waals surface area contributed by atoms with Gasteiger partial charge < -0.3 is 10.2 Å². The molecule has 2 rings (SSSR count). The molecule has 0 spiro atoms. The number of hydrogen-bond acceptors (Lipinski definition) is 2. The van der Waals surface area contributed by atoms with E-state index in [2.05, 4.69) is 27.7 Å². The molecule has 2 nitrogen and oxygen atoms in total. The Morgan fingerprint density at radius 1 is 0.810 bits per heavy atom. The van der Waals surface area contributed by atoms with E-state index in [9.17, 15) is 10.2 Å². The van der Waals surface area contributed by atoms with Gasteiger partial charge in [0.15, 0.2) is 0 Å². The Morgan fingerprint density at radius 2 is 1.33 bits per heavy atom. The lowest BCUT2D eigenvalue weighted by molar-refractivity contribution is -0.103. The summed E-state index contributed by atoms with van der Waals surface area (Å²) in [4.78, 5) is 0. The van der Waals surface area contributed by atoms with Crippen LogP contribution in [-0.4, -0.2) is 22.4 Å². The van der Waals surface area contributed by atoms with Gasteiger partial charge in [0.25, 0.3) is 0 Å². The zero-order chi connectivity index (χ0) is 15.6. The van der Waals surface area contributed by atoms with Crippen LogP contribution in [0.1, 0.15) is 72.6 Å². The molecule has 2 N–H and O–H groups in total. The lowest BCUT2D eigenvalue weighted by atomic mass is 9.64. The van der Waals surface area contributed by atoms with Gasteiger partial charge in [-0.25, -0.2) is 0 Å². The van der Waals surface area contributed by atoms with Gasteiger partial charge in [-0.15, -0.1) is 0 Å². The molecule has 0 heterocycles. The first-order valence-corrected chi connectivity index (χ1v) is 9.37. The summed E-state index contributed by atoms with van der Waals surface area (Å²) < 4.78 is 0. The highest BCUT2D eigenvalue weighted by molar-refractivity contribution is 4.96. The average Bonchev–Trinajstić information content (AvgIpc) is 2.65. The van der Waals surface area contributed by atoms with Crippen molar-refractivity contribution < 1.29 is 10.2 Å². The van der Waals surface area contributed by atoms with Crippen molar-refractivity contribution in [3.05, 3.63) is 0 Å². The Balaban J connectivity index is 2.18. The van der Waals surface area contributed by atoms with E-state index in [1.165, 1.54) is 19.3 Å². The molecule has 2 heteroatoms. The second kappa shape index (κ2) is 7.46. The molecule has 0 amide bonds. The summed E-state index contributed by atoms with van der Waals surface area (Å²) in [6, 6.07) is 0. The fourth-order valence-corrected chi connectivity index (χ4v) is 5.07. The molecule has 0 aromatic carbocycles. The van der Waals surface area contributed by atoms with Crippen molar-refractivity contribution in [3.8, 4) is 0 Å². The lowest BCUT2D eigenvalue weighted by Gasteiger charge is -2.45. The van der Waals surface area contributed by atoms with Gasteiger partial charge in [-0.05, 0) is 55.3 Å². The normalized spacial score (nSPS) is 43.7. The predicted molar refractivity (Wildman–Crippen MR) is 88.0 cm³/mol. The molecule has 0 radical (unpaired) electrons.